The van der Waals surface area contributed by atoms with Gasteiger partial charge in [0.2, 0.25) is 0 Å². The molecule has 0 saturated carbocycles. The van der Waals surface area contributed by atoms with E-state index in [4.69, 9.17) is 9.31 Å². The first-order valence-electron chi connectivity index (χ1n) is 7.41. The highest BCUT2D eigenvalue weighted by atomic mass is 16.6. The van der Waals surface area contributed by atoms with Gasteiger partial charge >= 0.3 is 7.12 Å². The van der Waals surface area contributed by atoms with Crippen LogP contribution in [0.2, 0.25) is 0 Å². The first-order chi connectivity index (χ1) is 11.1. The Morgan fingerprint density at radius 3 is 2.57 bits per heavy atom. The van der Waals surface area contributed by atoms with E-state index in [1.165, 1.54) is 12.1 Å². The summed E-state index contributed by atoms with van der Waals surface area (Å²) in [6.45, 7) is 1.18. The van der Waals surface area contributed by atoms with Crippen molar-refractivity contribution in [1.29, 1.82) is 0 Å². The van der Waals surface area contributed by atoms with Crippen LogP contribution in [-0.4, -0.2) is 38.3 Å². The van der Waals surface area contributed by atoms with E-state index in [-0.39, 0.29) is 18.9 Å². The fourth-order valence-electron chi connectivity index (χ4n) is 2.57. The molecule has 3 rings (SSSR count). The molecule has 7 heteroatoms. The number of benzene rings is 2. The Labute approximate surface area is 134 Å². The van der Waals surface area contributed by atoms with Gasteiger partial charge in [0.25, 0.3) is 5.69 Å². The van der Waals surface area contributed by atoms with Gasteiger partial charge in [-0.2, -0.15) is 0 Å². The van der Waals surface area contributed by atoms with Crippen LogP contribution >= 0.6 is 0 Å². The molecule has 0 N–H and O–H groups in total. The van der Waals surface area contributed by atoms with Gasteiger partial charge in [0.05, 0.1) is 17.6 Å². The highest BCUT2D eigenvalue weighted by Crippen LogP contribution is 2.20. The van der Waals surface area contributed by atoms with Crippen molar-refractivity contribution in [2.24, 2.45) is 0 Å². The van der Waals surface area contributed by atoms with Crippen LogP contribution in [0.25, 0.3) is 0 Å². The lowest BCUT2D eigenvalue weighted by Gasteiger charge is -2.22. The van der Waals surface area contributed by atoms with Gasteiger partial charge in [-0.05, 0) is 17.6 Å². The Morgan fingerprint density at radius 1 is 1.22 bits per heavy atom. The lowest BCUT2D eigenvalue weighted by Crippen LogP contribution is -2.35. The molecule has 0 amide bonds. The molecule has 1 fully saturated rings. The molecular formula is C16H17BN2O4. The predicted octanol–water partition coefficient (Wildman–Crippen LogP) is 1.84. The third kappa shape index (κ3) is 3.69. The second kappa shape index (κ2) is 6.81. The Bertz CT molecular complexity index is 666. The Hall–Kier alpha value is -2.38. The van der Waals surface area contributed by atoms with E-state index < -0.39 is 4.92 Å². The van der Waals surface area contributed by atoms with Crippen LogP contribution in [0.15, 0.2) is 54.6 Å². The number of nitrogens with zero attached hydrogens (tertiary/aromatic N) is 2. The van der Waals surface area contributed by atoms with Gasteiger partial charge in [0.1, 0.15) is 0 Å². The second-order valence-electron chi connectivity index (χ2n) is 5.49. The van der Waals surface area contributed by atoms with E-state index in [1.807, 2.05) is 42.3 Å². The Balaban J connectivity index is 1.58. The number of anilines is 1. The van der Waals surface area contributed by atoms with Crippen molar-refractivity contribution >= 4 is 24.0 Å². The Morgan fingerprint density at radius 2 is 1.91 bits per heavy atom. The molecule has 0 aromatic heterocycles. The van der Waals surface area contributed by atoms with Crippen molar-refractivity contribution < 1.29 is 14.2 Å². The fraction of sp³-hybridized carbons (Fsp3) is 0.250. The molecule has 0 aliphatic carbocycles. The number of hydrogen-bond donors (Lipinski definition) is 0. The van der Waals surface area contributed by atoms with E-state index in [0.29, 0.717) is 13.2 Å². The van der Waals surface area contributed by atoms with E-state index in [0.717, 1.165) is 11.2 Å². The molecule has 1 atom stereocenters. The van der Waals surface area contributed by atoms with Crippen LogP contribution in [0, 0.1) is 10.1 Å². The summed E-state index contributed by atoms with van der Waals surface area (Å²) in [4.78, 5) is 12.3. The summed E-state index contributed by atoms with van der Waals surface area (Å²) in [7, 11) is 1.60. The van der Waals surface area contributed by atoms with Crippen LogP contribution in [0.3, 0.4) is 0 Å². The zero-order valence-electron chi connectivity index (χ0n) is 12.8. The smallest absolute Gasteiger partial charge is 0.405 e. The van der Waals surface area contributed by atoms with Crippen molar-refractivity contribution in [2.45, 2.75) is 6.10 Å². The quantitative estimate of drug-likeness (QED) is 0.479. The molecule has 6 nitrogen and oxygen atoms in total. The number of nitro groups is 1. The minimum Gasteiger partial charge on any atom is -0.405 e. The van der Waals surface area contributed by atoms with Crippen LogP contribution in [0.5, 0.6) is 0 Å². The highest BCUT2D eigenvalue weighted by Gasteiger charge is 2.33. The molecule has 118 valence electrons. The standard InChI is InChI=1S/C16H17BN2O4/c1-18(14-7-9-15(10-8-14)19(20)21)11-16-12-22-17(23-16)13-5-3-2-4-6-13/h2-10,16H,11-12H2,1H3/t16-/m0/s1. The lowest BCUT2D eigenvalue weighted by molar-refractivity contribution is -0.384. The lowest BCUT2D eigenvalue weighted by atomic mass is 9.79. The molecule has 1 aliphatic rings. The normalized spacial score (nSPS) is 17.3. The molecule has 2 aromatic rings. The fourth-order valence-corrected chi connectivity index (χ4v) is 2.57. The van der Waals surface area contributed by atoms with Crippen molar-refractivity contribution in [3.8, 4) is 0 Å². The maximum atomic E-state index is 10.7. The van der Waals surface area contributed by atoms with Crippen LogP contribution in [0.4, 0.5) is 11.4 Å². The molecule has 0 bridgehead atoms. The van der Waals surface area contributed by atoms with Crippen LogP contribution in [-0.2, 0) is 9.31 Å². The highest BCUT2D eigenvalue weighted by molar-refractivity contribution is 6.61. The molecule has 23 heavy (non-hydrogen) atoms. The van der Waals surface area contributed by atoms with Gasteiger partial charge in [0, 0.05) is 31.4 Å². The molecule has 2 aromatic carbocycles. The van der Waals surface area contributed by atoms with Crippen LogP contribution in [0.1, 0.15) is 0 Å². The minimum atomic E-state index is -0.401. The first-order valence-corrected chi connectivity index (χ1v) is 7.41. The van der Waals surface area contributed by atoms with Gasteiger partial charge in [-0.15, -0.1) is 0 Å². The SMILES string of the molecule is CN(C[C@H]1COB(c2ccccc2)O1)c1ccc([N+](=O)[O-])cc1. The summed E-state index contributed by atoms with van der Waals surface area (Å²) in [5.74, 6) is 0. The molecule has 0 unspecified atom stereocenters. The summed E-state index contributed by atoms with van der Waals surface area (Å²) in [5, 5.41) is 10.7. The summed E-state index contributed by atoms with van der Waals surface area (Å²) in [5.41, 5.74) is 2.00. The van der Waals surface area contributed by atoms with Crippen molar-refractivity contribution in [3.05, 3.63) is 64.7 Å². The molecule has 1 aliphatic heterocycles. The number of rotatable bonds is 5. The third-order valence-corrected chi connectivity index (χ3v) is 3.80. The maximum Gasteiger partial charge on any atom is 0.494 e. The molecule has 1 heterocycles. The topological polar surface area (TPSA) is 64.8 Å². The van der Waals surface area contributed by atoms with Gasteiger partial charge in [0.15, 0.2) is 0 Å². The second-order valence-corrected chi connectivity index (χ2v) is 5.49. The Kier molecular flexibility index (Phi) is 4.59. The van der Waals surface area contributed by atoms with Crippen molar-refractivity contribution in [2.75, 3.05) is 25.1 Å². The third-order valence-electron chi connectivity index (χ3n) is 3.80. The van der Waals surface area contributed by atoms with Gasteiger partial charge in [-0.3, -0.25) is 10.1 Å². The zero-order chi connectivity index (χ0) is 16.2. The first kappa shape index (κ1) is 15.5. The zero-order valence-corrected chi connectivity index (χ0v) is 12.8. The minimum absolute atomic E-state index is 0.0413. The van der Waals surface area contributed by atoms with E-state index in [1.54, 1.807) is 12.1 Å². The molecule has 0 spiro atoms. The summed E-state index contributed by atoms with van der Waals surface area (Å²) < 4.78 is 11.6. The molecule has 1 saturated heterocycles. The van der Waals surface area contributed by atoms with Gasteiger partial charge in [-0.1, -0.05) is 30.3 Å². The predicted molar refractivity (Wildman–Crippen MR) is 89.0 cm³/mol. The average molecular weight is 312 g/mol. The number of non-ortho nitro benzene ring substituents is 1. The summed E-state index contributed by atoms with van der Waals surface area (Å²) in [6.07, 6.45) is -0.0413. The van der Waals surface area contributed by atoms with E-state index >= 15 is 0 Å². The molecule has 0 radical (unpaired) electrons. The van der Waals surface area contributed by atoms with Crippen LogP contribution < -0.4 is 10.4 Å². The van der Waals surface area contributed by atoms with Gasteiger partial charge in [-0.25, -0.2) is 0 Å². The van der Waals surface area contributed by atoms with Gasteiger partial charge < -0.3 is 14.2 Å². The van der Waals surface area contributed by atoms with E-state index in [9.17, 15) is 10.1 Å². The summed E-state index contributed by atoms with van der Waals surface area (Å²) in [6, 6.07) is 16.3. The number of hydrogen-bond acceptors (Lipinski definition) is 5. The largest absolute Gasteiger partial charge is 0.494 e. The van der Waals surface area contributed by atoms with Crippen molar-refractivity contribution in [3.63, 3.8) is 0 Å². The number of likely N-dealkylation sites (N-methyl/N-ethyl adjacent to an activating group) is 1. The monoisotopic (exact) mass is 312 g/mol. The van der Waals surface area contributed by atoms with Crippen molar-refractivity contribution in [1.82, 2.24) is 0 Å². The summed E-state index contributed by atoms with van der Waals surface area (Å²) >= 11 is 0. The maximum absolute atomic E-state index is 10.7. The average Bonchev–Trinajstić information content (AvgIpc) is 3.04. The van der Waals surface area contributed by atoms with E-state index in [2.05, 4.69) is 0 Å². The number of nitro benzene ring substituents is 1. The molecular weight excluding hydrogens is 295 g/mol.